The van der Waals surface area contributed by atoms with Crippen LogP contribution in [-0.4, -0.2) is 0 Å². The van der Waals surface area contributed by atoms with E-state index < -0.39 is 0 Å². The monoisotopic (exact) mass is 554 g/mol. The van der Waals surface area contributed by atoms with Crippen LogP contribution in [-0.2, 0) is 0 Å². The molecule has 10 aromatic rings. The van der Waals surface area contributed by atoms with E-state index in [-0.39, 0.29) is 0 Å². The predicted octanol–water partition coefficient (Wildman–Crippen LogP) is 12.5. The Balaban J connectivity index is 1.47. The molecule has 0 heteroatoms. The number of rotatable bonds is 2. The van der Waals surface area contributed by atoms with Gasteiger partial charge in [-0.05, 0) is 116 Å². The third-order valence-corrected chi connectivity index (χ3v) is 9.71. The number of fused-ring (bicyclic) bond motifs is 5. The van der Waals surface area contributed by atoms with E-state index in [1.54, 1.807) is 0 Å². The van der Waals surface area contributed by atoms with Crippen LogP contribution in [0.5, 0.6) is 0 Å². The van der Waals surface area contributed by atoms with E-state index in [9.17, 15) is 0 Å². The second kappa shape index (κ2) is 8.89. The summed E-state index contributed by atoms with van der Waals surface area (Å²) < 4.78 is 0. The summed E-state index contributed by atoms with van der Waals surface area (Å²) in [5.74, 6) is 0. The summed E-state index contributed by atoms with van der Waals surface area (Å²) in [6, 6.07) is 58.7. The molecule has 0 fully saturated rings. The predicted molar refractivity (Wildman–Crippen MR) is 191 cm³/mol. The first-order valence-electron chi connectivity index (χ1n) is 15.4. The van der Waals surface area contributed by atoms with Gasteiger partial charge in [-0.15, -0.1) is 0 Å². The van der Waals surface area contributed by atoms with Crippen LogP contribution in [0.15, 0.2) is 158 Å². The van der Waals surface area contributed by atoms with Gasteiger partial charge in [-0.1, -0.05) is 140 Å². The zero-order valence-electron chi connectivity index (χ0n) is 24.0. The molecule has 0 amide bonds. The van der Waals surface area contributed by atoms with Gasteiger partial charge < -0.3 is 0 Å². The molecule has 202 valence electrons. The molecule has 0 radical (unpaired) electrons. The van der Waals surface area contributed by atoms with Crippen LogP contribution in [0.25, 0.3) is 97.7 Å². The van der Waals surface area contributed by atoms with Gasteiger partial charge in [0.15, 0.2) is 0 Å². The molecule has 0 N–H and O–H groups in total. The first kappa shape index (κ1) is 23.8. The van der Waals surface area contributed by atoms with Crippen LogP contribution in [0.1, 0.15) is 0 Å². The summed E-state index contributed by atoms with van der Waals surface area (Å²) >= 11 is 0. The SMILES string of the molecule is c1ccc2cc(-c3c4ccccc4c(-c4ccc5ccccc5c4)c4c3cc3ccc5cccc6ccc4c3c56)ccc2c1. The van der Waals surface area contributed by atoms with Gasteiger partial charge in [0.2, 0.25) is 0 Å². The van der Waals surface area contributed by atoms with Gasteiger partial charge in [0.05, 0.1) is 0 Å². The summed E-state index contributed by atoms with van der Waals surface area (Å²) in [5.41, 5.74) is 5.12. The molecule has 10 rings (SSSR count). The van der Waals surface area contributed by atoms with E-state index in [4.69, 9.17) is 0 Å². The van der Waals surface area contributed by atoms with E-state index in [1.807, 2.05) is 0 Å². The minimum absolute atomic E-state index is 1.25. The molecular formula is C44H26. The third-order valence-electron chi connectivity index (χ3n) is 9.71. The topological polar surface area (TPSA) is 0 Å². The van der Waals surface area contributed by atoms with Crippen molar-refractivity contribution in [2.45, 2.75) is 0 Å². The van der Waals surface area contributed by atoms with Crippen LogP contribution < -0.4 is 0 Å². The molecule has 0 unspecified atom stereocenters. The Hall–Kier alpha value is -5.72. The average molecular weight is 555 g/mol. The molecule has 0 aromatic heterocycles. The summed E-state index contributed by atoms with van der Waals surface area (Å²) in [4.78, 5) is 0. The van der Waals surface area contributed by atoms with E-state index >= 15 is 0 Å². The molecule has 0 spiro atoms. The molecule has 0 atom stereocenters. The summed E-state index contributed by atoms with van der Waals surface area (Å²) in [6.45, 7) is 0. The highest BCUT2D eigenvalue weighted by Crippen LogP contribution is 2.49. The maximum atomic E-state index is 2.46. The van der Waals surface area contributed by atoms with Gasteiger partial charge in [-0.2, -0.15) is 0 Å². The van der Waals surface area contributed by atoms with Crippen LogP contribution in [0.4, 0.5) is 0 Å². The molecule has 0 saturated carbocycles. The zero-order chi connectivity index (χ0) is 28.8. The minimum atomic E-state index is 1.25. The number of hydrogen-bond donors (Lipinski definition) is 0. The van der Waals surface area contributed by atoms with Crippen molar-refractivity contribution in [2.75, 3.05) is 0 Å². The Labute approximate surface area is 254 Å². The standard InChI is InChI=1S/C44H26/c1-3-10-31-24-33(19-16-27(31)8-1)41-36-14-5-6-15-37(36)42(34-20-17-28-9-2-4-11-32(28)25-34)44-38-23-22-30-13-7-12-29-18-21-35(26-39(41)44)43(38)40(29)30/h1-26H. The molecule has 10 aromatic carbocycles. The van der Waals surface area contributed by atoms with Gasteiger partial charge in [0, 0.05) is 0 Å². The second-order valence-corrected chi connectivity index (χ2v) is 12.1. The van der Waals surface area contributed by atoms with Crippen molar-refractivity contribution in [3.63, 3.8) is 0 Å². The minimum Gasteiger partial charge on any atom is -0.0616 e. The van der Waals surface area contributed by atoms with Gasteiger partial charge in [0.1, 0.15) is 0 Å². The van der Waals surface area contributed by atoms with Crippen molar-refractivity contribution in [1.82, 2.24) is 0 Å². The lowest BCUT2D eigenvalue weighted by Crippen LogP contribution is -1.94. The highest BCUT2D eigenvalue weighted by molar-refractivity contribution is 6.35. The molecule has 0 saturated heterocycles. The van der Waals surface area contributed by atoms with E-state index in [0.717, 1.165) is 0 Å². The largest absolute Gasteiger partial charge is 0.0616 e. The normalized spacial score (nSPS) is 12.1. The molecule has 44 heavy (non-hydrogen) atoms. The van der Waals surface area contributed by atoms with Gasteiger partial charge in [0.25, 0.3) is 0 Å². The average Bonchev–Trinajstić information content (AvgIpc) is 3.09. The highest BCUT2D eigenvalue weighted by atomic mass is 14.2. The lowest BCUT2D eigenvalue weighted by atomic mass is 9.81. The Morgan fingerprint density at radius 1 is 0.227 bits per heavy atom. The van der Waals surface area contributed by atoms with Crippen LogP contribution in [0.2, 0.25) is 0 Å². The van der Waals surface area contributed by atoms with Gasteiger partial charge in [-0.3, -0.25) is 0 Å². The Bertz CT molecular complexity index is 2750. The highest BCUT2D eigenvalue weighted by Gasteiger charge is 2.21. The van der Waals surface area contributed by atoms with Crippen molar-refractivity contribution in [3.05, 3.63) is 158 Å². The fourth-order valence-electron chi connectivity index (χ4n) is 7.78. The van der Waals surface area contributed by atoms with Crippen LogP contribution >= 0.6 is 0 Å². The van der Waals surface area contributed by atoms with Gasteiger partial charge >= 0.3 is 0 Å². The first-order chi connectivity index (χ1) is 21.8. The Morgan fingerprint density at radius 3 is 1.41 bits per heavy atom. The summed E-state index contributed by atoms with van der Waals surface area (Å²) in [6.07, 6.45) is 0. The second-order valence-electron chi connectivity index (χ2n) is 12.1. The van der Waals surface area contributed by atoms with Crippen molar-refractivity contribution >= 4 is 75.4 Å². The Morgan fingerprint density at radius 2 is 0.727 bits per heavy atom. The lowest BCUT2D eigenvalue weighted by Gasteiger charge is -2.21. The van der Waals surface area contributed by atoms with Crippen LogP contribution in [0, 0.1) is 0 Å². The van der Waals surface area contributed by atoms with Gasteiger partial charge in [-0.25, -0.2) is 0 Å². The maximum absolute atomic E-state index is 2.46. The smallest absolute Gasteiger partial charge is 0.00134 e. The molecule has 0 aliphatic heterocycles. The third kappa shape index (κ3) is 3.28. The first-order valence-corrected chi connectivity index (χ1v) is 15.4. The van der Waals surface area contributed by atoms with E-state index in [1.165, 1.54) is 97.7 Å². The molecule has 0 nitrogen and oxygen atoms in total. The maximum Gasteiger partial charge on any atom is -0.00134 e. The fraction of sp³-hybridized carbons (Fsp3) is 0. The van der Waals surface area contributed by atoms with Crippen molar-refractivity contribution in [1.29, 1.82) is 0 Å². The summed E-state index contributed by atoms with van der Waals surface area (Å²) in [5, 5.41) is 18.2. The van der Waals surface area contributed by atoms with E-state index in [0.29, 0.717) is 0 Å². The fourth-order valence-corrected chi connectivity index (χ4v) is 7.78. The molecule has 0 aliphatic rings. The van der Waals surface area contributed by atoms with Crippen molar-refractivity contribution in [3.8, 4) is 22.3 Å². The summed E-state index contributed by atoms with van der Waals surface area (Å²) in [7, 11) is 0. The quantitative estimate of drug-likeness (QED) is 0.147. The lowest BCUT2D eigenvalue weighted by molar-refractivity contribution is 1.69. The molecule has 0 bridgehead atoms. The van der Waals surface area contributed by atoms with E-state index in [2.05, 4.69) is 158 Å². The number of benzene rings is 10. The zero-order valence-corrected chi connectivity index (χ0v) is 24.0. The molecule has 0 aliphatic carbocycles. The van der Waals surface area contributed by atoms with Crippen LogP contribution in [0.3, 0.4) is 0 Å². The molecular weight excluding hydrogens is 528 g/mol. The molecule has 0 heterocycles. The van der Waals surface area contributed by atoms with Crippen molar-refractivity contribution < 1.29 is 0 Å². The van der Waals surface area contributed by atoms with Crippen molar-refractivity contribution in [2.24, 2.45) is 0 Å². The Kier molecular flexibility index (Phi) is 4.81. The number of hydrogen-bond acceptors (Lipinski definition) is 0.